The van der Waals surface area contributed by atoms with Gasteiger partial charge in [0.05, 0.1) is 13.7 Å². The Morgan fingerprint density at radius 1 is 1.32 bits per heavy atom. The zero-order valence-electron chi connectivity index (χ0n) is 11.2. The molecule has 0 radical (unpaired) electrons. The number of nitrogens with zero attached hydrogens (tertiary/aromatic N) is 1. The Hall–Kier alpha value is -1.33. The summed E-state index contributed by atoms with van der Waals surface area (Å²) in [6, 6.07) is 4.08. The number of hydrogen-bond donors (Lipinski definition) is 2. The lowest BCUT2D eigenvalue weighted by Crippen LogP contribution is -1.94. The predicted molar refractivity (Wildman–Crippen MR) is 78.5 cm³/mol. The SMILES string of the molecule is COc1cc(C)c(-c2nc(CCO)[nH]c2Br)cc1C. The fourth-order valence-corrected chi connectivity index (χ4v) is 2.60. The number of aryl methyl sites for hydroxylation is 2. The van der Waals surface area contributed by atoms with Gasteiger partial charge < -0.3 is 14.8 Å². The van der Waals surface area contributed by atoms with E-state index in [0.717, 1.165) is 38.6 Å². The Bertz CT molecular complexity index is 593. The van der Waals surface area contributed by atoms with E-state index in [9.17, 15) is 0 Å². The van der Waals surface area contributed by atoms with Crippen molar-refractivity contribution < 1.29 is 9.84 Å². The fraction of sp³-hybridized carbons (Fsp3) is 0.357. The third kappa shape index (κ3) is 2.82. The average Bonchev–Trinajstić information content (AvgIpc) is 2.73. The van der Waals surface area contributed by atoms with E-state index in [0.29, 0.717) is 6.42 Å². The summed E-state index contributed by atoms with van der Waals surface area (Å²) < 4.78 is 6.15. The summed E-state index contributed by atoms with van der Waals surface area (Å²) in [6.07, 6.45) is 0.521. The number of aromatic nitrogens is 2. The molecule has 1 heterocycles. The quantitative estimate of drug-likeness (QED) is 0.908. The van der Waals surface area contributed by atoms with Gasteiger partial charge in [0.25, 0.3) is 0 Å². The highest BCUT2D eigenvalue weighted by atomic mass is 79.9. The molecule has 4 nitrogen and oxygen atoms in total. The molecule has 0 aliphatic carbocycles. The number of aliphatic hydroxyl groups is 1. The lowest BCUT2D eigenvalue weighted by atomic mass is 10.0. The van der Waals surface area contributed by atoms with Gasteiger partial charge >= 0.3 is 0 Å². The van der Waals surface area contributed by atoms with Gasteiger partial charge in [-0.3, -0.25) is 0 Å². The second kappa shape index (κ2) is 5.75. The summed E-state index contributed by atoms with van der Waals surface area (Å²) in [5.74, 6) is 1.65. The third-order valence-electron chi connectivity index (χ3n) is 3.05. The van der Waals surface area contributed by atoms with E-state index in [1.54, 1.807) is 7.11 Å². The highest BCUT2D eigenvalue weighted by molar-refractivity contribution is 9.10. The van der Waals surface area contributed by atoms with Gasteiger partial charge in [-0.1, -0.05) is 0 Å². The van der Waals surface area contributed by atoms with Crippen LogP contribution in [0.15, 0.2) is 16.7 Å². The summed E-state index contributed by atoms with van der Waals surface area (Å²) in [4.78, 5) is 7.66. The maximum atomic E-state index is 8.97. The van der Waals surface area contributed by atoms with Crippen molar-refractivity contribution in [3.63, 3.8) is 0 Å². The molecule has 0 saturated heterocycles. The van der Waals surface area contributed by atoms with Crippen molar-refractivity contribution in [1.29, 1.82) is 0 Å². The number of H-pyrrole nitrogens is 1. The molecule has 0 spiro atoms. The van der Waals surface area contributed by atoms with Crippen LogP contribution in [0.3, 0.4) is 0 Å². The van der Waals surface area contributed by atoms with Gasteiger partial charge in [0.2, 0.25) is 0 Å². The van der Waals surface area contributed by atoms with Gasteiger partial charge in [-0.05, 0) is 53.0 Å². The van der Waals surface area contributed by atoms with Crippen LogP contribution in [0.5, 0.6) is 5.75 Å². The van der Waals surface area contributed by atoms with E-state index < -0.39 is 0 Å². The van der Waals surface area contributed by atoms with Crippen molar-refractivity contribution in [3.8, 4) is 17.0 Å². The van der Waals surface area contributed by atoms with E-state index in [2.05, 4.69) is 32.0 Å². The molecule has 2 rings (SSSR count). The molecule has 0 saturated carbocycles. The maximum Gasteiger partial charge on any atom is 0.122 e. The van der Waals surface area contributed by atoms with Crippen LogP contribution in [0.4, 0.5) is 0 Å². The Morgan fingerprint density at radius 2 is 2.05 bits per heavy atom. The van der Waals surface area contributed by atoms with Crippen LogP contribution in [-0.2, 0) is 6.42 Å². The van der Waals surface area contributed by atoms with E-state index >= 15 is 0 Å². The molecule has 0 bridgehead atoms. The van der Waals surface area contributed by atoms with Gasteiger partial charge in [0.15, 0.2) is 0 Å². The molecule has 102 valence electrons. The first kappa shape index (κ1) is 14.1. The van der Waals surface area contributed by atoms with Crippen molar-refractivity contribution in [2.75, 3.05) is 13.7 Å². The highest BCUT2D eigenvalue weighted by Crippen LogP contribution is 2.33. The molecule has 2 aromatic rings. The first-order valence-corrected chi connectivity index (χ1v) is 6.87. The highest BCUT2D eigenvalue weighted by Gasteiger charge is 2.14. The first-order chi connectivity index (χ1) is 9.06. The largest absolute Gasteiger partial charge is 0.496 e. The molecule has 2 N–H and O–H groups in total. The monoisotopic (exact) mass is 324 g/mol. The predicted octanol–water partition coefficient (Wildman–Crippen LogP) is 3.00. The van der Waals surface area contributed by atoms with Crippen LogP contribution in [-0.4, -0.2) is 28.8 Å². The van der Waals surface area contributed by atoms with E-state index in [1.807, 2.05) is 19.9 Å². The molecule has 0 fully saturated rings. The van der Waals surface area contributed by atoms with Crippen molar-refractivity contribution in [1.82, 2.24) is 9.97 Å². The van der Waals surface area contributed by atoms with Crippen molar-refractivity contribution >= 4 is 15.9 Å². The molecule has 1 aromatic heterocycles. The number of imidazole rings is 1. The third-order valence-corrected chi connectivity index (χ3v) is 3.63. The Kier molecular flexibility index (Phi) is 4.27. The van der Waals surface area contributed by atoms with Crippen LogP contribution in [0.25, 0.3) is 11.3 Å². The summed E-state index contributed by atoms with van der Waals surface area (Å²) >= 11 is 3.49. The molecule has 0 aliphatic heterocycles. The number of halogens is 1. The van der Waals surface area contributed by atoms with Crippen LogP contribution in [0.1, 0.15) is 17.0 Å². The zero-order valence-corrected chi connectivity index (χ0v) is 12.8. The molecular formula is C14H17BrN2O2. The van der Waals surface area contributed by atoms with Gasteiger partial charge in [-0.25, -0.2) is 4.98 Å². The number of aliphatic hydroxyl groups excluding tert-OH is 1. The molecule has 5 heteroatoms. The van der Waals surface area contributed by atoms with Crippen LogP contribution in [0, 0.1) is 13.8 Å². The maximum absolute atomic E-state index is 8.97. The topological polar surface area (TPSA) is 58.1 Å². The Labute approximate surface area is 121 Å². The van der Waals surface area contributed by atoms with Gasteiger partial charge in [0.1, 0.15) is 21.9 Å². The minimum atomic E-state index is 0.0833. The van der Waals surface area contributed by atoms with Crippen LogP contribution < -0.4 is 4.74 Å². The van der Waals surface area contributed by atoms with Gasteiger partial charge in [-0.15, -0.1) is 0 Å². The normalized spacial score (nSPS) is 10.8. The second-order valence-corrected chi connectivity index (χ2v) is 5.25. The first-order valence-electron chi connectivity index (χ1n) is 6.07. The van der Waals surface area contributed by atoms with E-state index in [4.69, 9.17) is 9.84 Å². The van der Waals surface area contributed by atoms with E-state index in [-0.39, 0.29) is 6.61 Å². The zero-order chi connectivity index (χ0) is 14.0. The molecule has 1 aromatic carbocycles. The molecule has 0 aliphatic rings. The van der Waals surface area contributed by atoms with Crippen LogP contribution in [0.2, 0.25) is 0 Å². The van der Waals surface area contributed by atoms with Crippen molar-refractivity contribution in [2.24, 2.45) is 0 Å². The molecule has 0 atom stereocenters. The van der Waals surface area contributed by atoms with Gasteiger partial charge in [0, 0.05) is 12.0 Å². The van der Waals surface area contributed by atoms with E-state index in [1.165, 1.54) is 0 Å². The number of methoxy groups -OCH3 is 1. The Balaban J connectivity index is 2.49. The van der Waals surface area contributed by atoms with Crippen molar-refractivity contribution in [3.05, 3.63) is 33.7 Å². The minimum Gasteiger partial charge on any atom is -0.496 e. The summed E-state index contributed by atoms with van der Waals surface area (Å²) in [6.45, 7) is 4.13. The van der Waals surface area contributed by atoms with Crippen LogP contribution >= 0.6 is 15.9 Å². The second-order valence-electron chi connectivity index (χ2n) is 4.46. The number of hydrogen-bond acceptors (Lipinski definition) is 3. The Morgan fingerprint density at radius 3 is 2.68 bits per heavy atom. The van der Waals surface area contributed by atoms with Gasteiger partial charge in [-0.2, -0.15) is 0 Å². The standard InChI is InChI=1S/C14H17BrN2O2/c1-8-7-11(19-3)9(2)6-10(8)13-14(15)17-12(16-13)4-5-18/h6-7,18H,4-5H2,1-3H3,(H,16,17). The number of nitrogens with one attached hydrogen (secondary N) is 1. The minimum absolute atomic E-state index is 0.0833. The average molecular weight is 325 g/mol. The summed E-state index contributed by atoms with van der Waals surface area (Å²) in [5, 5.41) is 8.97. The molecule has 0 amide bonds. The molecular weight excluding hydrogens is 308 g/mol. The number of rotatable bonds is 4. The fourth-order valence-electron chi connectivity index (χ4n) is 2.07. The smallest absolute Gasteiger partial charge is 0.122 e. The molecule has 19 heavy (non-hydrogen) atoms. The number of ether oxygens (including phenoxy) is 1. The molecule has 0 unspecified atom stereocenters. The lowest BCUT2D eigenvalue weighted by molar-refractivity contribution is 0.297. The number of benzene rings is 1. The van der Waals surface area contributed by atoms with Crippen molar-refractivity contribution in [2.45, 2.75) is 20.3 Å². The lowest BCUT2D eigenvalue weighted by Gasteiger charge is -2.10. The summed E-state index contributed by atoms with van der Waals surface area (Å²) in [5.41, 5.74) is 4.10. The number of aromatic amines is 1. The summed E-state index contributed by atoms with van der Waals surface area (Å²) in [7, 11) is 1.67.